The Hall–Kier alpha value is -17.3. The average Bonchev–Trinajstić information content (AvgIpc) is 1.60. The Bertz CT molecular complexity index is 9290. The third-order valence-electron chi connectivity index (χ3n) is 27.6. The molecule has 0 unspecified atom stereocenters. The van der Waals surface area contributed by atoms with Crippen molar-refractivity contribution in [2.75, 3.05) is 0 Å². The van der Waals surface area contributed by atoms with Gasteiger partial charge in [0.2, 0.25) is 9.84 Å². The van der Waals surface area contributed by atoms with Gasteiger partial charge in [-0.05, 0) is 304 Å². The fourth-order valence-corrected chi connectivity index (χ4v) is 26.4. The second-order valence-corrected chi connectivity index (χ2v) is 38.7. The molecule has 0 N–H and O–H groups in total. The van der Waals surface area contributed by atoms with E-state index in [2.05, 4.69) is 352 Å². The van der Waals surface area contributed by atoms with Crippen molar-refractivity contribution in [2.24, 2.45) is 0 Å². The van der Waals surface area contributed by atoms with Crippen LogP contribution in [0.3, 0.4) is 0 Å². The molecule has 0 spiro atoms. The van der Waals surface area contributed by atoms with Crippen LogP contribution in [-0.2, 0) is 9.84 Å². The quantitative estimate of drug-likeness (QED) is 0.125. The maximum absolute atomic E-state index is 19.4. The lowest BCUT2D eigenvalue weighted by molar-refractivity contribution is 0.598. The Morgan fingerprint density at radius 1 is 0.180 bits per heavy atom. The number of hydrogen-bond acceptors (Lipinski definition) is 8. The first-order valence-corrected chi connectivity index (χ1v) is 47.4. The third-order valence-corrected chi connectivity index (χ3v) is 31.8. The van der Waals surface area contributed by atoms with E-state index in [1.807, 2.05) is 72.8 Å². The lowest BCUT2D eigenvalue weighted by Crippen LogP contribution is -2.08. The van der Waals surface area contributed by atoms with Crippen LogP contribution < -0.4 is 0 Å². The van der Waals surface area contributed by atoms with Crippen molar-refractivity contribution in [1.82, 2.24) is 0 Å². The van der Waals surface area contributed by atoms with E-state index in [9.17, 15) is 21.0 Å². The largest absolute Gasteiger partial charge is 0.218 e. The smallest absolute Gasteiger partial charge is 0.209 e. The number of hydrogen-bond donors (Lipinski definition) is 0. The summed E-state index contributed by atoms with van der Waals surface area (Å²) < 4.78 is 42.3. The Balaban J connectivity index is 0.765. The Labute approximate surface area is 771 Å². The van der Waals surface area contributed by atoms with Crippen molar-refractivity contribution in [3.63, 3.8) is 0 Å². The van der Waals surface area contributed by atoms with Crippen LogP contribution in [0.25, 0.3) is 259 Å². The van der Waals surface area contributed by atoms with Crippen molar-refractivity contribution in [1.29, 1.82) is 21.0 Å². The van der Waals surface area contributed by atoms with E-state index < -0.39 is 9.84 Å². The SMILES string of the molecule is N#Cc1ccc2cc(-c3c4ccccc4c(-c4ccc5c(c4)sc4ccc(-c6c7ccccc7c(-c7ccc8cc(C#N)ccc8c7)c7ccccc67)c(S(=O)(=O)c6c(-c7c8ccccc8c(-c8ccc9cc(C#N)ccc9c8)c8ccccc78)ccc7sc8cc(-c9c%10ccccc%10c(-c%10ccc%11cc(C#N)ccc%11c%10)c%10ccccc9%10)ccc8c67)c45)c4ccccc34)ccc2c1. The van der Waals surface area contributed by atoms with E-state index in [1.165, 1.54) is 0 Å². The summed E-state index contributed by atoms with van der Waals surface area (Å²) in [6, 6.07) is 149. The summed E-state index contributed by atoms with van der Waals surface area (Å²) in [6.45, 7) is 0. The van der Waals surface area contributed by atoms with Crippen molar-refractivity contribution in [3.05, 3.63) is 423 Å². The molecule has 0 aliphatic rings. The van der Waals surface area contributed by atoms with Crippen LogP contribution in [0.15, 0.2) is 410 Å². The number of sulfone groups is 1. The zero-order valence-corrected chi connectivity index (χ0v) is 73.4. The fourth-order valence-electron chi connectivity index (χ4n) is 21.9. The molecule has 0 aliphatic heterocycles. The lowest BCUT2D eigenvalue weighted by Gasteiger charge is -2.23. The molecule has 0 radical (unpaired) electrons. The maximum atomic E-state index is 19.4. The first-order valence-electron chi connectivity index (χ1n) is 44.3. The monoisotopic (exact) mass is 1740 g/mol. The van der Waals surface area contributed by atoms with Gasteiger partial charge >= 0.3 is 0 Å². The molecule has 0 saturated heterocycles. The predicted octanol–water partition coefficient (Wildman–Crippen LogP) is 33.9. The molecule has 2 aromatic heterocycles. The molecule has 0 bridgehead atoms. The number of fused-ring (bicyclic) bond motifs is 18. The Kier molecular flexibility index (Phi) is 17.3. The van der Waals surface area contributed by atoms with Crippen molar-refractivity contribution in [2.45, 2.75) is 9.79 Å². The molecular weight excluding hydrogens is 1670 g/mol. The van der Waals surface area contributed by atoms with Gasteiger partial charge in [-0.2, -0.15) is 21.0 Å². The second kappa shape index (κ2) is 29.9. The number of nitriles is 4. The molecule has 0 fully saturated rings. The molecular formula is C124H66N4O2S3. The first kappa shape index (κ1) is 76.9. The molecule has 26 rings (SSSR count). The summed E-state index contributed by atoms with van der Waals surface area (Å²) in [5.74, 6) is 0. The van der Waals surface area contributed by atoms with Gasteiger partial charge in [0.05, 0.1) is 56.3 Å². The maximum Gasteiger partial charge on any atom is 0.209 e. The summed E-state index contributed by atoms with van der Waals surface area (Å²) in [4.78, 5) is 0.403. The van der Waals surface area contributed by atoms with Crippen molar-refractivity contribution < 1.29 is 8.42 Å². The van der Waals surface area contributed by atoms with Crippen molar-refractivity contribution >= 4 is 202 Å². The van der Waals surface area contributed by atoms with Crippen LogP contribution >= 0.6 is 22.7 Å². The summed E-state index contributed by atoms with van der Waals surface area (Å²) >= 11 is 3.23. The summed E-state index contributed by atoms with van der Waals surface area (Å²) in [5, 5.41) is 66.8. The van der Waals surface area contributed by atoms with Gasteiger partial charge < -0.3 is 0 Å². The molecule has 2 heterocycles. The Morgan fingerprint density at radius 3 is 0.602 bits per heavy atom. The molecule has 612 valence electrons. The lowest BCUT2D eigenvalue weighted by atomic mass is 9.85. The van der Waals surface area contributed by atoms with Crippen LogP contribution in [0.2, 0.25) is 0 Å². The summed E-state index contributed by atoms with van der Waals surface area (Å²) in [5.41, 5.74) is 17.6. The van der Waals surface area contributed by atoms with Gasteiger partial charge in [0.25, 0.3) is 0 Å². The van der Waals surface area contributed by atoms with Gasteiger partial charge in [-0.1, -0.05) is 303 Å². The molecule has 26 aromatic rings. The molecule has 0 saturated carbocycles. The molecule has 6 nitrogen and oxygen atoms in total. The average molecular weight is 1740 g/mol. The van der Waals surface area contributed by atoms with Gasteiger partial charge in [-0.15, -0.1) is 22.7 Å². The van der Waals surface area contributed by atoms with E-state index in [-0.39, 0.29) is 9.79 Å². The molecule has 24 aromatic carbocycles. The molecule has 133 heavy (non-hydrogen) atoms. The molecule has 9 heteroatoms. The van der Waals surface area contributed by atoms with Crippen LogP contribution in [0.1, 0.15) is 22.3 Å². The van der Waals surface area contributed by atoms with Gasteiger partial charge in [-0.25, -0.2) is 8.42 Å². The highest BCUT2D eigenvalue weighted by Gasteiger charge is 2.36. The summed E-state index contributed by atoms with van der Waals surface area (Å²) in [6.07, 6.45) is 0. The number of thiophene rings is 2. The standard InChI is InChI=1S/C124H66N4O2S3/c125-67-71-33-37-79-61-83(45-41-75(79)57-71)113-89-17-1-5-21-93(89)117(94-22-6-2-18-90(94)113)87-49-51-105-111(65-87)131-109-55-53-107(119-101-29-13-9-25-97(101)115(98-26-10-14-30-102(98)119)85-47-43-77-59-73(69-127)35-39-81(77)63-85)123(121(105)109)133(129,130)124-108(120-103-31-15-11-27-99(103)116(100-28-12-16-32-104(100)120)86-48-44-78-60-74(70-128)36-40-82(78)64-86)54-56-110-122(124)106-52-50-88(66-112(106)132-110)118-95-23-7-3-19-91(95)114(92-20-4-8-24-96(92)118)84-46-42-76-58-72(68-126)34-38-80(76)62-84/h1-66H. The highest BCUT2D eigenvalue weighted by atomic mass is 32.2. The highest BCUT2D eigenvalue weighted by Crippen LogP contribution is 2.57. The van der Waals surface area contributed by atoms with Crippen LogP contribution in [0.5, 0.6) is 0 Å². The van der Waals surface area contributed by atoms with Gasteiger partial charge in [0.15, 0.2) is 0 Å². The fraction of sp³-hybridized carbons (Fsp3) is 0. The minimum Gasteiger partial charge on any atom is -0.218 e. The van der Waals surface area contributed by atoms with Crippen molar-refractivity contribution in [3.8, 4) is 113 Å². The molecule has 0 aliphatic carbocycles. The van der Waals surface area contributed by atoms with E-state index in [0.29, 0.717) is 44.2 Å². The normalized spacial score (nSPS) is 11.9. The van der Waals surface area contributed by atoms with E-state index in [1.54, 1.807) is 22.7 Å². The van der Waals surface area contributed by atoms with E-state index in [0.717, 1.165) is 237 Å². The minimum absolute atomic E-state index is 0.201. The zero-order valence-electron chi connectivity index (χ0n) is 70.9. The third kappa shape index (κ3) is 11.9. The highest BCUT2D eigenvalue weighted by molar-refractivity contribution is 7.92. The number of nitrogens with zero attached hydrogens (tertiary/aromatic N) is 4. The Morgan fingerprint density at radius 2 is 0.376 bits per heavy atom. The van der Waals surface area contributed by atoms with E-state index in [4.69, 9.17) is 0 Å². The predicted molar refractivity (Wildman–Crippen MR) is 557 cm³/mol. The summed E-state index contributed by atoms with van der Waals surface area (Å²) in [7, 11) is -4.93. The van der Waals surface area contributed by atoms with Crippen LogP contribution in [-0.4, -0.2) is 8.42 Å². The minimum atomic E-state index is -4.93. The van der Waals surface area contributed by atoms with Gasteiger partial charge in [0, 0.05) is 51.5 Å². The first-order chi connectivity index (χ1) is 65.5. The molecule has 0 amide bonds. The topological polar surface area (TPSA) is 129 Å². The molecule has 0 atom stereocenters. The van der Waals surface area contributed by atoms with Crippen LogP contribution in [0.4, 0.5) is 0 Å². The number of rotatable bonds is 10. The van der Waals surface area contributed by atoms with Gasteiger partial charge in [0.1, 0.15) is 0 Å². The second-order valence-electron chi connectivity index (χ2n) is 34.7. The van der Waals surface area contributed by atoms with Crippen LogP contribution in [0, 0.1) is 45.3 Å². The van der Waals surface area contributed by atoms with Gasteiger partial charge in [-0.3, -0.25) is 0 Å². The number of benzene rings is 24. The zero-order chi connectivity index (χ0) is 88.6. The van der Waals surface area contributed by atoms with E-state index >= 15 is 8.42 Å².